The number of urea groups is 1. The fourth-order valence-electron chi connectivity index (χ4n) is 4.85. The Bertz CT molecular complexity index is 1300. The van der Waals surface area contributed by atoms with E-state index < -0.39 is 23.4 Å². The van der Waals surface area contributed by atoms with Crippen molar-refractivity contribution in [2.45, 2.75) is 20.0 Å². The molecule has 1 aromatic carbocycles. The Labute approximate surface area is 209 Å². The van der Waals surface area contributed by atoms with Crippen LogP contribution in [0.4, 0.5) is 25.0 Å². The topological polar surface area (TPSA) is 72.3 Å². The van der Waals surface area contributed by atoms with Crippen LogP contribution in [0, 0.1) is 11.6 Å². The second kappa shape index (κ2) is 9.80. The number of nitrogens with zero attached hydrogens (tertiary/aromatic N) is 5. The molecule has 0 radical (unpaired) electrons. The van der Waals surface area contributed by atoms with E-state index in [0.717, 1.165) is 35.1 Å². The molecule has 2 aliphatic heterocycles. The fourth-order valence-corrected chi connectivity index (χ4v) is 5.21. The second-order valence-corrected chi connectivity index (χ2v) is 9.15. The van der Waals surface area contributed by atoms with Crippen molar-refractivity contribution in [3.63, 3.8) is 0 Å². The molecular weight excluding hydrogens is 491 g/mol. The zero-order valence-corrected chi connectivity index (χ0v) is 21.5. The number of hydrogen-bond acceptors (Lipinski definition) is 6. The molecule has 4 heterocycles. The number of methoxy groups -OCH3 is 2. The van der Waals surface area contributed by atoms with E-state index in [2.05, 4.69) is 19.3 Å². The molecule has 0 bridgehead atoms. The van der Waals surface area contributed by atoms with Gasteiger partial charge in [0.15, 0.2) is 23.1 Å². The van der Waals surface area contributed by atoms with Gasteiger partial charge < -0.3 is 18.5 Å². The minimum absolute atomic E-state index is 0.0569. The molecule has 0 saturated carbocycles. The van der Waals surface area contributed by atoms with E-state index in [-0.39, 0.29) is 18.0 Å². The van der Waals surface area contributed by atoms with Gasteiger partial charge in [0, 0.05) is 55.1 Å². The number of fused-ring (bicyclic) bond motifs is 3. The molecule has 1 unspecified atom stereocenters. The molecule has 0 aliphatic carbocycles. The molecule has 12 heteroatoms. The van der Waals surface area contributed by atoms with Gasteiger partial charge in [0.05, 0.1) is 39.7 Å². The molecule has 192 valence electrons. The minimum atomic E-state index is -0.971. The lowest BCUT2D eigenvalue weighted by Crippen LogP contribution is -2.48. The third-order valence-electron chi connectivity index (χ3n) is 6.68. The number of rotatable bonds is 6. The number of benzene rings is 1. The van der Waals surface area contributed by atoms with E-state index in [1.807, 2.05) is 17.3 Å². The van der Waals surface area contributed by atoms with Crippen molar-refractivity contribution < 1.29 is 27.8 Å². The number of aromatic nitrogens is 2. The summed E-state index contributed by atoms with van der Waals surface area (Å²) in [7, 11) is 5.24. The summed E-state index contributed by atoms with van der Waals surface area (Å²) in [4.78, 5) is 23.2. The third kappa shape index (κ3) is 3.95. The summed E-state index contributed by atoms with van der Waals surface area (Å²) in [6.07, 6.45) is 1.66. The molecule has 2 aliphatic rings. The Morgan fingerprint density at radius 1 is 1.08 bits per heavy atom. The molecule has 0 spiro atoms. The van der Waals surface area contributed by atoms with Crippen LogP contribution in [0.25, 0.3) is 11.0 Å². The quantitative estimate of drug-likeness (QED) is 0.462. The number of carbonyl (C=O) groups excluding carboxylic acids is 1. The fraction of sp³-hybridized carbons (Fsp3) is 0.417. The van der Waals surface area contributed by atoms with Gasteiger partial charge in [-0.3, -0.25) is 14.7 Å². The lowest BCUT2D eigenvalue weighted by molar-refractivity contribution is 0.0336. The average Bonchev–Trinajstić information content (AvgIpc) is 3.20. The number of carbonyl (C=O) groups is 1. The van der Waals surface area contributed by atoms with Crippen LogP contribution in [0.3, 0.4) is 0 Å². The molecule has 1 fully saturated rings. The lowest BCUT2D eigenvalue weighted by Gasteiger charge is -2.37. The predicted octanol–water partition coefficient (Wildman–Crippen LogP) is 3.77. The molecule has 3 aromatic rings. The molecule has 2 aromatic heterocycles. The summed E-state index contributed by atoms with van der Waals surface area (Å²) in [6, 6.07) is 2.61. The number of ether oxygens (including phenoxy) is 3. The van der Waals surface area contributed by atoms with E-state index in [4.69, 9.17) is 14.2 Å². The Hall–Kier alpha value is -3.01. The van der Waals surface area contributed by atoms with Crippen molar-refractivity contribution in [3.05, 3.63) is 41.2 Å². The molecule has 5 rings (SSSR count). The van der Waals surface area contributed by atoms with E-state index in [9.17, 15) is 4.79 Å². The predicted molar refractivity (Wildman–Crippen MR) is 135 cm³/mol. The molecule has 1 saturated heterocycles. The van der Waals surface area contributed by atoms with E-state index in [1.165, 1.54) is 19.1 Å². The number of halogens is 2. The number of morpholine rings is 1. The van der Waals surface area contributed by atoms with Crippen molar-refractivity contribution in [3.8, 4) is 11.5 Å². The van der Waals surface area contributed by atoms with Gasteiger partial charge in [0.1, 0.15) is 11.3 Å². The number of pyridine rings is 1. The number of hydrogen-bond donors (Lipinski definition) is 0. The zero-order chi connectivity index (χ0) is 25.6. The van der Waals surface area contributed by atoms with E-state index >= 15 is 8.78 Å². The number of anilines is 2. The Morgan fingerprint density at radius 2 is 1.75 bits per heavy atom. The highest BCUT2D eigenvalue weighted by atomic mass is 31.0. The first-order valence-electron chi connectivity index (χ1n) is 11.7. The van der Waals surface area contributed by atoms with Crippen LogP contribution in [-0.2, 0) is 17.8 Å². The third-order valence-corrected chi connectivity index (χ3v) is 7.25. The highest BCUT2D eigenvalue weighted by Crippen LogP contribution is 2.43. The highest BCUT2D eigenvalue weighted by Gasteiger charge is 2.37. The van der Waals surface area contributed by atoms with Gasteiger partial charge in [0.2, 0.25) is 0 Å². The van der Waals surface area contributed by atoms with Crippen molar-refractivity contribution in [1.82, 2.24) is 14.2 Å². The Kier molecular flexibility index (Phi) is 6.72. The first kappa shape index (κ1) is 24.7. The molecule has 9 nitrogen and oxygen atoms in total. The molecule has 2 amide bonds. The van der Waals surface area contributed by atoms with Crippen molar-refractivity contribution >= 4 is 37.8 Å². The van der Waals surface area contributed by atoms with Crippen LogP contribution in [0.2, 0.25) is 0 Å². The first-order chi connectivity index (χ1) is 17.4. The molecular formula is C24H28F2N5O4P. The molecule has 1 atom stereocenters. The zero-order valence-electron chi connectivity index (χ0n) is 20.4. The van der Waals surface area contributed by atoms with Crippen LogP contribution < -0.4 is 19.3 Å². The van der Waals surface area contributed by atoms with Gasteiger partial charge in [0.25, 0.3) is 0 Å². The Morgan fingerprint density at radius 3 is 2.36 bits per heavy atom. The van der Waals surface area contributed by atoms with Crippen LogP contribution in [0.5, 0.6) is 11.5 Å². The van der Waals surface area contributed by atoms with Gasteiger partial charge in [-0.2, -0.15) is 0 Å². The Balaban J connectivity index is 1.60. The second-order valence-electron chi connectivity index (χ2n) is 8.63. The summed E-state index contributed by atoms with van der Waals surface area (Å²) >= 11 is 0. The standard InChI is InChI=1S/C24H28F2N5O4P/c1-4-29-21-14(11-27-23-16(21)9-15(31(23)36)13-28-5-7-35-8-6-28)12-30(24(29)32)22-19(25)17(33-2)10-18(34-3)20(22)26/h9-11H,4-8,12-13,36H2,1-3H3. The van der Waals surface area contributed by atoms with Gasteiger partial charge in [-0.15, -0.1) is 0 Å². The van der Waals surface area contributed by atoms with Crippen molar-refractivity contribution in [2.24, 2.45) is 0 Å². The normalized spacial score (nSPS) is 16.6. The van der Waals surface area contributed by atoms with Gasteiger partial charge >= 0.3 is 6.03 Å². The summed E-state index contributed by atoms with van der Waals surface area (Å²) in [5.74, 6) is -2.37. The maximum absolute atomic E-state index is 15.3. The van der Waals surface area contributed by atoms with E-state index in [1.54, 1.807) is 6.20 Å². The van der Waals surface area contributed by atoms with Crippen LogP contribution in [0.15, 0.2) is 18.3 Å². The van der Waals surface area contributed by atoms with Gasteiger partial charge in [-0.1, -0.05) is 0 Å². The summed E-state index contributed by atoms with van der Waals surface area (Å²) < 4.78 is 48.1. The van der Waals surface area contributed by atoms with Crippen molar-refractivity contribution in [2.75, 3.05) is 56.9 Å². The van der Waals surface area contributed by atoms with Gasteiger partial charge in [-0.25, -0.2) is 18.6 Å². The largest absolute Gasteiger partial charge is 0.493 e. The van der Waals surface area contributed by atoms with Crippen LogP contribution >= 0.6 is 9.39 Å². The first-order valence-corrected chi connectivity index (χ1v) is 12.2. The summed E-state index contributed by atoms with van der Waals surface area (Å²) in [5.41, 5.74) is 2.60. The molecule has 0 N–H and O–H groups in total. The van der Waals surface area contributed by atoms with Gasteiger partial charge in [-0.05, 0) is 22.4 Å². The average molecular weight is 519 g/mol. The molecule has 36 heavy (non-hydrogen) atoms. The maximum Gasteiger partial charge on any atom is 0.329 e. The van der Waals surface area contributed by atoms with Crippen LogP contribution in [0.1, 0.15) is 18.2 Å². The van der Waals surface area contributed by atoms with E-state index in [0.29, 0.717) is 43.2 Å². The summed E-state index contributed by atoms with van der Waals surface area (Å²) in [5, 5.41) is 0.810. The smallest absolute Gasteiger partial charge is 0.329 e. The van der Waals surface area contributed by atoms with Crippen LogP contribution in [-0.4, -0.2) is 67.3 Å². The highest BCUT2D eigenvalue weighted by molar-refractivity contribution is 7.15. The maximum atomic E-state index is 15.3. The van der Waals surface area contributed by atoms with Crippen molar-refractivity contribution in [1.29, 1.82) is 0 Å². The minimum Gasteiger partial charge on any atom is -0.493 e. The SMILES string of the molecule is CCN1C(=O)N(c2c(F)c(OC)cc(OC)c2F)Cc2cnc3c(cc(CN4CCOCC4)n3P)c21. The number of amides is 2. The monoisotopic (exact) mass is 519 g/mol. The summed E-state index contributed by atoms with van der Waals surface area (Å²) in [6.45, 7) is 5.85. The lowest BCUT2D eigenvalue weighted by atomic mass is 10.1.